The summed E-state index contributed by atoms with van der Waals surface area (Å²) in [6, 6.07) is 0. The lowest BCUT2D eigenvalue weighted by molar-refractivity contribution is -0.357. The Morgan fingerprint density at radius 3 is 1.61 bits per heavy atom. The molecule has 0 radical (unpaired) electrons. The summed E-state index contributed by atoms with van der Waals surface area (Å²) >= 11 is 0. The molecule has 2 N–H and O–H groups in total. The van der Waals surface area contributed by atoms with Crippen LogP contribution in [0.3, 0.4) is 0 Å². The van der Waals surface area contributed by atoms with Gasteiger partial charge >= 0.3 is 35.8 Å². The van der Waals surface area contributed by atoms with Crippen molar-refractivity contribution in [2.24, 2.45) is 0 Å². The normalized spacial score (nSPS) is 35.0. The zero-order chi connectivity index (χ0) is 35.3. The smallest absolute Gasteiger partial charge is 0.305 e. The van der Waals surface area contributed by atoms with Crippen LogP contribution in [0.25, 0.3) is 0 Å². The molecule has 10 atom stereocenters. The number of carbonyl (C=O) groups is 6. The lowest BCUT2D eigenvalue weighted by Crippen LogP contribution is -2.67. The molecule has 2 fully saturated rings. The predicted octanol–water partition coefficient (Wildman–Crippen LogP) is -1.97. The van der Waals surface area contributed by atoms with E-state index >= 15 is 0 Å². The summed E-state index contributed by atoms with van der Waals surface area (Å²) in [6.45, 7) is -7.70. The average molecular weight is 601 g/mol. The molecular weight excluding hydrogens is 560 g/mol. The second-order valence-electron chi connectivity index (χ2n) is 8.35. The lowest BCUT2D eigenvalue weighted by atomic mass is 9.96. The summed E-state index contributed by atoms with van der Waals surface area (Å²) in [5, 5.41) is 20.6. The number of hydrogen-bond acceptors (Lipinski definition) is 17. The number of hydrogen-bond donors (Lipinski definition) is 2. The molecule has 2 aliphatic heterocycles. The fraction of sp³-hybridized carbons (Fsp3) is 0.750. The zero-order valence-electron chi connectivity index (χ0n) is 27.4. The van der Waals surface area contributed by atoms with Crippen molar-refractivity contribution in [1.29, 1.82) is 0 Å². The van der Waals surface area contributed by atoms with Gasteiger partial charge in [-0.2, -0.15) is 0 Å². The van der Waals surface area contributed by atoms with E-state index in [4.69, 9.17) is 50.9 Å². The van der Waals surface area contributed by atoms with Gasteiger partial charge in [-0.1, -0.05) is 0 Å². The summed E-state index contributed by atoms with van der Waals surface area (Å²) in [5.41, 5.74) is 0. The highest BCUT2D eigenvalue weighted by Crippen LogP contribution is 2.34. The van der Waals surface area contributed by atoms with Crippen LogP contribution in [-0.2, 0) is 71.4 Å². The van der Waals surface area contributed by atoms with Gasteiger partial charge in [0.15, 0.2) is 24.6 Å². The fourth-order valence-corrected chi connectivity index (χ4v) is 4.01. The number of aliphatic hydroxyl groups is 2. The van der Waals surface area contributed by atoms with Crippen LogP contribution in [0.15, 0.2) is 0 Å². The highest BCUT2D eigenvalue weighted by Gasteiger charge is 2.56. The zero-order valence-corrected chi connectivity index (χ0v) is 21.4. The minimum absolute atomic E-state index is 0.863. The lowest BCUT2D eigenvalue weighted by Gasteiger charge is -2.48. The first-order valence-electron chi connectivity index (χ1n) is 15.8. The Labute approximate surface area is 242 Å². The fourth-order valence-electron chi connectivity index (χ4n) is 4.01. The molecule has 0 amide bonds. The minimum Gasteiger partial charge on any atom is -0.463 e. The molecule has 0 aliphatic carbocycles. The molecule has 0 aromatic heterocycles. The minimum atomic E-state index is -2.05. The third kappa shape index (κ3) is 9.60. The molecule has 2 aliphatic rings. The molecule has 232 valence electrons. The van der Waals surface area contributed by atoms with Gasteiger partial charge in [-0.05, 0) is 0 Å². The van der Waals surface area contributed by atoms with Gasteiger partial charge in [-0.3, -0.25) is 28.8 Å². The number of esters is 6. The Morgan fingerprint density at radius 1 is 0.610 bits per heavy atom. The van der Waals surface area contributed by atoms with Crippen LogP contribution in [0, 0.1) is 0 Å². The molecule has 41 heavy (non-hydrogen) atoms. The average Bonchev–Trinajstić information content (AvgIpc) is 3.07. The van der Waals surface area contributed by atoms with Crippen LogP contribution in [0.5, 0.6) is 0 Å². The van der Waals surface area contributed by atoms with Gasteiger partial charge in [0.2, 0.25) is 12.4 Å². The third-order valence-corrected chi connectivity index (χ3v) is 5.41. The van der Waals surface area contributed by atoms with E-state index in [9.17, 15) is 39.0 Å². The van der Waals surface area contributed by atoms with Crippen LogP contribution < -0.4 is 0 Å². The third-order valence-electron chi connectivity index (χ3n) is 5.41. The van der Waals surface area contributed by atoms with E-state index in [-0.39, 0.29) is 0 Å². The van der Waals surface area contributed by atoms with Crippen molar-refractivity contribution in [1.82, 2.24) is 0 Å². The maximum absolute atomic E-state index is 12.4. The first-order valence-corrected chi connectivity index (χ1v) is 11.5. The first kappa shape index (κ1) is 25.3. The van der Waals surface area contributed by atoms with Crippen molar-refractivity contribution in [2.75, 3.05) is 13.2 Å². The maximum atomic E-state index is 12.4. The molecule has 2 rings (SSSR count). The second-order valence-corrected chi connectivity index (χ2v) is 8.35. The van der Waals surface area contributed by atoms with Crippen molar-refractivity contribution >= 4 is 35.8 Å². The maximum Gasteiger partial charge on any atom is 0.305 e. The summed E-state index contributed by atoms with van der Waals surface area (Å²) < 4.78 is 91.6. The first-order chi connectivity index (χ1) is 22.4. The number of carbonyl (C=O) groups excluding carboxylic acids is 6. The Hall–Kier alpha value is -3.38. The summed E-state index contributed by atoms with van der Waals surface area (Å²) in [7, 11) is 0. The Kier molecular flexibility index (Phi) is 9.28. The quantitative estimate of drug-likeness (QED) is 0.205. The Morgan fingerprint density at radius 2 is 1.07 bits per heavy atom. The largest absolute Gasteiger partial charge is 0.463 e. The van der Waals surface area contributed by atoms with Crippen LogP contribution in [-0.4, -0.2) is 121 Å². The molecule has 0 aromatic carbocycles. The van der Waals surface area contributed by atoms with Crippen molar-refractivity contribution in [3.8, 4) is 0 Å². The van der Waals surface area contributed by atoms with E-state index in [1.807, 2.05) is 0 Å². The van der Waals surface area contributed by atoms with E-state index in [0.717, 1.165) is 0 Å². The SMILES string of the molecule is [2H]CC(=O)OC[C@H]1OC(OC(=O)C[2H])[C@H](OC(=O)C[2H])[C@@H](OC(=O)C[2H])[C@@H]1O[C@@H]1O[C@H](CO)[C@H](O)[C@H](OC(=O)C[2H])[C@H]1OC(=O)C[2H]. The van der Waals surface area contributed by atoms with Crippen LogP contribution in [0.4, 0.5) is 0 Å². The van der Waals surface area contributed by atoms with Crippen molar-refractivity contribution in [2.45, 2.75) is 103 Å². The monoisotopic (exact) mass is 600 g/mol. The molecule has 2 heterocycles. The molecule has 2 saturated heterocycles. The number of ether oxygens (including phenoxy) is 9. The van der Waals surface area contributed by atoms with E-state index in [1.54, 1.807) is 0 Å². The van der Waals surface area contributed by atoms with Gasteiger partial charge in [-0.15, -0.1) is 0 Å². The molecular formula is C24H34O17. The molecule has 17 nitrogen and oxygen atoms in total. The van der Waals surface area contributed by atoms with E-state index in [2.05, 4.69) is 0 Å². The van der Waals surface area contributed by atoms with Gasteiger partial charge in [0.1, 0.15) is 31.0 Å². The van der Waals surface area contributed by atoms with Gasteiger partial charge < -0.3 is 52.8 Å². The highest BCUT2D eigenvalue weighted by molar-refractivity contribution is 5.69. The Balaban J connectivity index is 2.71. The van der Waals surface area contributed by atoms with Crippen molar-refractivity contribution < 1.29 is 89.8 Å². The van der Waals surface area contributed by atoms with Gasteiger partial charge in [0.05, 0.1) is 6.61 Å². The van der Waals surface area contributed by atoms with E-state index in [0.29, 0.717) is 0 Å². The standard InChI is InChI=1S/C24H34O17/c1-9(26)33-8-16-18(20(35-11(3)28)22(37-13(5)30)23(40-16)38-14(6)31)41-24-21(36-12(4)29)19(34-10(2)27)17(32)15(7-25)39-24/h15-25,32H,7-8H2,1-6H3/t15-,16-,17+,18-,19+,20+,21-,22-,23?,24+/m1/s1/i1D,2D,3D,4D,5D,6D. The molecule has 1 unspecified atom stereocenters. The number of rotatable bonds is 10. The molecule has 0 aromatic rings. The summed E-state index contributed by atoms with van der Waals surface area (Å²) in [4.78, 5) is 72.9. The summed E-state index contributed by atoms with van der Waals surface area (Å²) in [6.07, 6.45) is -19.1. The van der Waals surface area contributed by atoms with E-state index in [1.165, 1.54) is 0 Å². The molecule has 0 bridgehead atoms. The predicted molar refractivity (Wildman–Crippen MR) is 126 cm³/mol. The van der Waals surface area contributed by atoms with Crippen LogP contribution in [0.1, 0.15) is 49.6 Å². The van der Waals surface area contributed by atoms with Crippen molar-refractivity contribution in [3.05, 3.63) is 0 Å². The van der Waals surface area contributed by atoms with Gasteiger partial charge in [0.25, 0.3) is 0 Å². The molecule has 17 heteroatoms. The van der Waals surface area contributed by atoms with Crippen molar-refractivity contribution in [3.63, 3.8) is 0 Å². The van der Waals surface area contributed by atoms with E-state index < -0.39 is 152 Å². The van der Waals surface area contributed by atoms with Gasteiger partial charge in [0, 0.05) is 49.6 Å². The van der Waals surface area contributed by atoms with Crippen LogP contribution >= 0.6 is 0 Å². The highest BCUT2D eigenvalue weighted by atomic mass is 16.8. The second kappa shape index (κ2) is 15.0. The number of aliphatic hydroxyl groups excluding tert-OH is 2. The van der Waals surface area contributed by atoms with Gasteiger partial charge in [-0.25, -0.2) is 0 Å². The van der Waals surface area contributed by atoms with Crippen LogP contribution in [0.2, 0.25) is 0 Å². The Bertz CT molecular complexity index is 1100. The molecule has 0 spiro atoms. The summed E-state index contributed by atoms with van der Waals surface area (Å²) in [5.74, 6) is -7.43. The topological polar surface area (TPSA) is 226 Å². The molecule has 0 saturated carbocycles.